The summed E-state index contributed by atoms with van der Waals surface area (Å²) in [6.07, 6.45) is 0. The number of benzene rings is 1. The van der Waals surface area contributed by atoms with Crippen LogP contribution >= 0.6 is 15.9 Å². The van der Waals surface area contributed by atoms with Crippen LogP contribution in [0.3, 0.4) is 0 Å². The highest BCUT2D eigenvalue weighted by atomic mass is 79.9. The van der Waals surface area contributed by atoms with Gasteiger partial charge in [0.15, 0.2) is 0 Å². The highest BCUT2D eigenvalue weighted by Crippen LogP contribution is 2.23. The van der Waals surface area contributed by atoms with Gasteiger partial charge in [-0.15, -0.1) is 0 Å². The first-order valence-corrected chi connectivity index (χ1v) is 5.56. The smallest absolute Gasteiger partial charge is 0.325 e. The number of nitro groups is 1. The Bertz CT molecular complexity index is 568. The molecule has 2 N–H and O–H groups in total. The summed E-state index contributed by atoms with van der Waals surface area (Å²) in [4.78, 5) is 17.8. The minimum atomic E-state index is -0.489. The average molecular weight is 311 g/mol. The van der Waals surface area contributed by atoms with E-state index >= 15 is 0 Å². The summed E-state index contributed by atoms with van der Waals surface area (Å²) < 4.78 is 5.81. The molecule has 0 atom stereocenters. The summed E-state index contributed by atoms with van der Waals surface area (Å²) in [6, 6.07) is 7.17. The Morgan fingerprint density at radius 1 is 1.28 bits per heavy atom. The average Bonchev–Trinajstić information content (AvgIpc) is 2.28. The Balaban J connectivity index is 2.20. The van der Waals surface area contributed by atoms with Crippen molar-refractivity contribution in [1.29, 1.82) is 0 Å². The Morgan fingerprint density at radius 2 is 1.94 bits per heavy atom. The van der Waals surface area contributed by atoms with Crippen LogP contribution in [0, 0.1) is 10.1 Å². The second-order valence-electron chi connectivity index (χ2n) is 3.25. The minimum Gasteiger partial charge on any atom is -0.424 e. The van der Waals surface area contributed by atoms with Crippen molar-refractivity contribution in [2.24, 2.45) is 0 Å². The number of nitrogens with zero attached hydrogens (tertiary/aromatic N) is 3. The fraction of sp³-hybridized carbons (Fsp3) is 0. The number of anilines is 1. The molecule has 92 valence electrons. The molecule has 0 aliphatic heterocycles. The molecule has 0 aliphatic rings. The lowest BCUT2D eigenvalue weighted by molar-refractivity contribution is -0.384. The van der Waals surface area contributed by atoms with E-state index in [0.29, 0.717) is 10.4 Å². The second-order valence-corrected chi connectivity index (χ2v) is 4.06. The lowest BCUT2D eigenvalue weighted by Crippen LogP contribution is -1.97. The minimum absolute atomic E-state index is 0.0166. The summed E-state index contributed by atoms with van der Waals surface area (Å²) in [5, 5.41) is 10.5. The normalized spacial score (nSPS) is 10.1. The molecule has 0 saturated heterocycles. The van der Waals surface area contributed by atoms with Crippen molar-refractivity contribution in [3.8, 4) is 11.8 Å². The number of nitrogens with two attached hydrogens (primary N) is 1. The third-order valence-electron chi connectivity index (χ3n) is 1.95. The number of hydrogen-bond donors (Lipinski definition) is 1. The number of nitro benzene ring substituents is 1. The van der Waals surface area contributed by atoms with E-state index in [1.54, 1.807) is 0 Å². The van der Waals surface area contributed by atoms with E-state index in [0.717, 1.165) is 0 Å². The predicted octanol–water partition coefficient (Wildman–Crippen LogP) is 2.52. The monoisotopic (exact) mass is 310 g/mol. The molecule has 0 saturated carbocycles. The topological polar surface area (TPSA) is 104 Å². The molecule has 0 bridgehead atoms. The molecule has 7 nitrogen and oxygen atoms in total. The fourth-order valence-electron chi connectivity index (χ4n) is 1.20. The van der Waals surface area contributed by atoms with E-state index in [4.69, 9.17) is 10.5 Å². The summed E-state index contributed by atoms with van der Waals surface area (Å²) in [5.41, 5.74) is 5.51. The van der Waals surface area contributed by atoms with Crippen LogP contribution < -0.4 is 10.5 Å². The number of halogens is 1. The van der Waals surface area contributed by atoms with E-state index < -0.39 is 4.92 Å². The van der Waals surface area contributed by atoms with Crippen LogP contribution in [0.15, 0.2) is 34.9 Å². The first kappa shape index (κ1) is 12.2. The van der Waals surface area contributed by atoms with Crippen molar-refractivity contribution in [3.63, 3.8) is 0 Å². The molecule has 8 heteroatoms. The Morgan fingerprint density at radius 3 is 2.50 bits per heavy atom. The second kappa shape index (κ2) is 4.96. The molecule has 0 fully saturated rings. The molecule has 2 rings (SSSR count). The predicted molar refractivity (Wildman–Crippen MR) is 67.3 cm³/mol. The Labute approximate surface area is 110 Å². The number of rotatable bonds is 3. The molecular weight excluding hydrogens is 304 g/mol. The van der Waals surface area contributed by atoms with E-state index in [-0.39, 0.29) is 17.5 Å². The van der Waals surface area contributed by atoms with Crippen molar-refractivity contribution in [2.75, 3.05) is 5.73 Å². The van der Waals surface area contributed by atoms with Crippen molar-refractivity contribution in [2.45, 2.75) is 0 Å². The molecule has 0 spiro atoms. The van der Waals surface area contributed by atoms with Crippen LogP contribution in [0.4, 0.5) is 11.5 Å². The molecule has 0 radical (unpaired) electrons. The number of aromatic nitrogens is 2. The maximum Gasteiger partial charge on any atom is 0.325 e. The van der Waals surface area contributed by atoms with Gasteiger partial charge in [-0.05, 0) is 28.1 Å². The Hall–Kier alpha value is -2.22. The van der Waals surface area contributed by atoms with E-state index in [2.05, 4.69) is 25.9 Å². The van der Waals surface area contributed by atoms with Crippen LogP contribution in [-0.2, 0) is 0 Å². The van der Waals surface area contributed by atoms with Crippen LogP contribution in [0.25, 0.3) is 0 Å². The molecule has 1 aromatic carbocycles. The van der Waals surface area contributed by atoms with Gasteiger partial charge in [0.1, 0.15) is 16.2 Å². The highest BCUT2D eigenvalue weighted by Gasteiger charge is 2.07. The number of hydrogen-bond acceptors (Lipinski definition) is 6. The fourth-order valence-corrected chi connectivity index (χ4v) is 1.59. The molecule has 1 heterocycles. The van der Waals surface area contributed by atoms with Gasteiger partial charge in [0.2, 0.25) is 0 Å². The van der Waals surface area contributed by atoms with Gasteiger partial charge >= 0.3 is 6.01 Å². The molecule has 0 unspecified atom stereocenters. The van der Waals surface area contributed by atoms with Crippen LogP contribution in [0.5, 0.6) is 11.8 Å². The molecule has 0 amide bonds. The van der Waals surface area contributed by atoms with Gasteiger partial charge in [0, 0.05) is 18.2 Å². The number of nitrogen functional groups attached to an aromatic ring is 1. The largest absolute Gasteiger partial charge is 0.424 e. The summed E-state index contributed by atoms with van der Waals surface area (Å²) in [6.45, 7) is 0. The molecule has 1 aromatic heterocycles. The van der Waals surface area contributed by atoms with Gasteiger partial charge in [-0.1, -0.05) is 0 Å². The van der Waals surface area contributed by atoms with E-state index in [9.17, 15) is 10.1 Å². The first-order chi connectivity index (χ1) is 8.54. The van der Waals surface area contributed by atoms with E-state index in [1.807, 2.05) is 0 Å². The molecule has 18 heavy (non-hydrogen) atoms. The van der Waals surface area contributed by atoms with Crippen molar-refractivity contribution >= 4 is 27.4 Å². The zero-order valence-electron chi connectivity index (χ0n) is 8.91. The summed E-state index contributed by atoms with van der Waals surface area (Å²) in [7, 11) is 0. The quantitative estimate of drug-likeness (QED) is 0.530. The standard InChI is InChI=1S/C10H7BrN4O3/c11-8-5-9(12)14-10(13-8)18-7-3-1-6(2-4-7)15(16)17/h1-5H,(H2,12,13,14). The summed E-state index contributed by atoms with van der Waals surface area (Å²) >= 11 is 3.16. The first-order valence-electron chi connectivity index (χ1n) is 4.77. The van der Waals surface area contributed by atoms with Crippen molar-refractivity contribution < 1.29 is 9.66 Å². The SMILES string of the molecule is Nc1cc(Br)nc(Oc2ccc([N+](=O)[O-])cc2)n1. The van der Waals surface area contributed by atoms with Gasteiger partial charge in [-0.3, -0.25) is 10.1 Å². The maximum absolute atomic E-state index is 10.5. The van der Waals surface area contributed by atoms with Crippen LogP contribution in [0.1, 0.15) is 0 Å². The zero-order chi connectivity index (χ0) is 13.1. The molecular formula is C10H7BrN4O3. The van der Waals surface area contributed by atoms with Gasteiger partial charge in [0.25, 0.3) is 5.69 Å². The van der Waals surface area contributed by atoms with Gasteiger partial charge in [-0.25, -0.2) is 0 Å². The maximum atomic E-state index is 10.5. The number of non-ortho nitro benzene ring substituents is 1. The van der Waals surface area contributed by atoms with Crippen molar-refractivity contribution in [3.05, 3.63) is 45.0 Å². The summed E-state index contributed by atoms with van der Waals surface area (Å²) in [5.74, 6) is 0.645. The molecule has 2 aromatic rings. The highest BCUT2D eigenvalue weighted by molar-refractivity contribution is 9.10. The van der Waals surface area contributed by atoms with Crippen LogP contribution in [-0.4, -0.2) is 14.9 Å². The molecule has 0 aliphatic carbocycles. The number of ether oxygens (including phenoxy) is 1. The third kappa shape index (κ3) is 2.92. The van der Waals surface area contributed by atoms with Gasteiger partial charge < -0.3 is 10.5 Å². The van der Waals surface area contributed by atoms with Gasteiger partial charge in [0.05, 0.1) is 4.92 Å². The zero-order valence-corrected chi connectivity index (χ0v) is 10.5. The lowest BCUT2D eigenvalue weighted by Gasteiger charge is -2.04. The van der Waals surface area contributed by atoms with Gasteiger partial charge in [-0.2, -0.15) is 9.97 Å². The Kier molecular flexibility index (Phi) is 3.38. The third-order valence-corrected chi connectivity index (χ3v) is 2.36. The van der Waals surface area contributed by atoms with Crippen LogP contribution in [0.2, 0.25) is 0 Å². The van der Waals surface area contributed by atoms with E-state index in [1.165, 1.54) is 30.3 Å². The lowest BCUT2D eigenvalue weighted by atomic mass is 10.3. The van der Waals surface area contributed by atoms with Crippen molar-refractivity contribution in [1.82, 2.24) is 9.97 Å².